The Labute approximate surface area is 179 Å². The van der Waals surface area contributed by atoms with E-state index in [1.165, 1.54) is 16.8 Å². The number of likely N-dealkylation sites (N-methyl/N-ethyl adjacent to an activating group) is 1. The first kappa shape index (κ1) is 23.0. The van der Waals surface area contributed by atoms with E-state index in [2.05, 4.69) is 61.4 Å². The molecule has 0 radical (unpaired) electrons. The van der Waals surface area contributed by atoms with Crippen LogP contribution >= 0.6 is 12.4 Å². The van der Waals surface area contributed by atoms with E-state index in [1.54, 1.807) is 0 Å². The fourth-order valence-corrected chi connectivity index (χ4v) is 3.64. The molecule has 0 unspecified atom stereocenters. The van der Waals surface area contributed by atoms with Crippen LogP contribution in [0, 0.1) is 13.8 Å². The van der Waals surface area contributed by atoms with E-state index in [-0.39, 0.29) is 18.4 Å². The van der Waals surface area contributed by atoms with Gasteiger partial charge in [0.1, 0.15) is 6.61 Å². The van der Waals surface area contributed by atoms with Crippen LogP contribution in [0.15, 0.2) is 48.5 Å². The van der Waals surface area contributed by atoms with E-state index in [1.807, 2.05) is 24.3 Å². The summed E-state index contributed by atoms with van der Waals surface area (Å²) in [7, 11) is 0. The summed E-state index contributed by atoms with van der Waals surface area (Å²) in [6.07, 6.45) is 0. The molecule has 0 fully saturated rings. The third-order valence-corrected chi connectivity index (χ3v) is 5.59. The Hall–Kier alpha value is -2.30. The minimum Gasteiger partial charge on any atom is -0.461 e. The summed E-state index contributed by atoms with van der Waals surface area (Å²) >= 11 is 0. The molecule has 0 bridgehead atoms. The van der Waals surface area contributed by atoms with Crippen LogP contribution in [0.4, 0.5) is 0 Å². The number of aryl methyl sites for hydroxylation is 1. The largest absolute Gasteiger partial charge is 0.461 e. The number of esters is 1. The first-order chi connectivity index (χ1) is 13.5. The molecule has 29 heavy (non-hydrogen) atoms. The molecule has 3 aromatic rings. The molecule has 0 aliphatic carbocycles. The minimum absolute atomic E-state index is 0. The van der Waals surface area contributed by atoms with Crippen molar-refractivity contribution in [1.29, 1.82) is 0 Å². The predicted octanol–water partition coefficient (Wildman–Crippen LogP) is 5.23. The lowest BCUT2D eigenvalue weighted by Crippen LogP contribution is -2.27. The molecule has 0 spiro atoms. The maximum atomic E-state index is 12.5. The number of rotatable bonds is 8. The molecule has 4 nitrogen and oxygen atoms in total. The predicted molar refractivity (Wildman–Crippen MR) is 122 cm³/mol. The second kappa shape index (κ2) is 10.5. The van der Waals surface area contributed by atoms with E-state index in [0.29, 0.717) is 12.2 Å². The Morgan fingerprint density at radius 3 is 2.38 bits per heavy atom. The first-order valence-corrected chi connectivity index (χ1v) is 10.1. The maximum Gasteiger partial charge on any atom is 0.338 e. The lowest BCUT2D eigenvalue weighted by atomic mass is 10.1. The van der Waals surface area contributed by atoms with Crippen LogP contribution in [0.1, 0.15) is 41.0 Å². The number of nitrogens with zero attached hydrogens (tertiary/aromatic N) is 2. The molecule has 0 saturated heterocycles. The summed E-state index contributed by atoms with van der Waals surface area (Å²) < 4.78 is 7.81. The van der Waals surface area contributed by atoms with Crippen molar-refractivity contribution in [2.75, 3.05) is 26.2 Å². The molecule has 0 N–H and O–H groups in total. The zero-order valence-electron chi connectivity index (χ0n) is 17.8. The van der Waals surface area contributed by atoms with Gasteiger partial charge in [0.25, 0.3) is 0 Å². The summed E-state index contributed by atoms with van der Waals surface area (Å²) in [5, 5.41) is 1.12. The molecular formula is C24H31ClN2O2. The molecule has 0 atom stereocenters. The molecule has 1 aromatic heterocycles. The van der Waals surface area contributed by atoms with Crippen LogP contribution in [0.5, 0.6) is 0 Å². The summed E-state index contributed by atoms with van der Waals surface area (Å²) in [5.41, 5.74) is 5.47. The number of benzene rings is 2. The Balaban J connectivity index is 0.00000300. The number of hydrogen-bond donors (Lipinski definition) is 0. The van der Waals surface area contributed by atoms with Gasteiger partial charge in [-0.2, -0.15) is 0 Å². The van der Waals surface area contributed by atoms with E-state index in [9.17, 15) is 4.79 Å². The van der Waals surface area contributed by atoms with Gasteiger partial charge in [0.05, 0.1) is 5.56 Å². The number of fused-ring (bicyclic) bond motifs is 1. The molecule has 0 aliphatic heterocycles. The number of aromatic nitrogens is 1. The monoisotopic (exact) mass is 414 g/mol. The average Bonchev–Trinajstić information content (AvgIpc) is 2.96. The van der Waals surface area contributed by atoms with Gasteiger partial charge < -0.3 is 14.2 Å². The van der Waals surface area contributed by atoms with Crippen molar-refractivity contribution in [1.82, 2.24) is 9.47 Å². The van der Waals surface area contributed by atoms with Gasteiger partial charge in [0.2, 0.25) is 0 Å². The number of carbonyl (C=O) groups is 1. The highest BCUT2D eigenvalue weighted by molar-refractivity contribution is 5.96. The highest BCUT2D eigenvalue weighted by atomic mass is 35.5. The number of ether oxygens (including phenoxy) is 1. The molecule has 2 aromatic carbocycles. The maximum absolute atomic E-state index is 12.5. The van der Waals surface area contributed by atoms with Gasteiger partial charge in [-0.25, -0.2) is 4.79 Å². The molecular weight excluding hydrogens is 384 g/mol. The zero-order valence-corrected chi connectivity index (χ0v) is 18.6. The molecule has 0 amide bonds. The van der Waals surface area contributed by atoms with Crippen molar-refractivity contribution < 1.29 is 9.53 Å². The topological polar surface area (TPSA) is 34.5 Å². The van der Waals surface area contributed by atoms with E-state index in [0.717, 1.165) is 37.1 Å². The molecule has 3 rings (SSSR count). The highest BCUT2D eigenvalue weighted by Crippen LogP contribution is 2.27. The van der Waals surface area contributed by atoms with Gasteiger partial charge in [-0.1, -0.05) is 44.2 Å². The van der Waals surface area contributed by atoms with Gasteiger partial charge in [-0.05, 0) is 56.3 Å². The second-order valence-corrected chi connectivity index (χ2v) is 7.18. The summed E-state index contributed by atoms with van der Waals surface area (Å²) in [6.45, 7) is 12.4. The van der Waals surface area contributed by atoms with Gasteiger partial charge >= 0.3 is 5.97 Å². The van der Waals surface area contributed by atoms with Crippen molar-refractivity contribution in [3.63, 3.8) is 0 Å². The molecule has 156 valence electrons. The lowest BCUT2D eigenvalue weighted by Gasteiger charge is -2.17. The average molecular weight is 415 g/mol. The third kappa shape index (κ3) is 5.20. The Bertz CT molecular complexity index is 946. The van der Waals surface area contributed by atoms with E-state index in [4.69, 9.17) is 4.74 Å². The van der Waals surface area contributed by atoms with Crippen LogP contribution in [0.3, 0.4) is 0 Å². The van der Waals surface area contributed by atoms with Crippen molar-refractivity contribution in [3.8, 4) is 0 Å². The van der Waals surface area contributed by atoms with Crippen molar-refractivity contribution >= 4 is 29.3 Å². The fourth-order valence-electron chi connectivity index (χ4n) is 3.64. The van der Waals surface area contributed by atoms with Crippen molar-refractivity contribution in [2.24, 2.45) is 0 Å². The van der Waals surface area contributed by atoms with E-state index >= 15 is 0 Å². The number of carbonyl (C=O) groups excluding carboxylic acids is 1. The van der Waals surface area contributed by atoms with Crippen LogP contribution in [-0.2, 0) is 11.3 Å². The highest BCUT2D eigenvalue weighted by Gasteiger charge is 2.15. The smallest absolute Gasteiger partial charge is 0.338 e. The standard InChI is InChI=1S/C24H30N2O2.ClH/c1-5-25(6-2)14-15-28-24(27)21-12-13-23-22(16-21)18(3)19(4)26(23)17-20-10-8-7-9-11-20;/h7-13,16H,5-6,14-15,17H2,1-4H3;1H. The SMILES string of the molecule is CCN(CC)CCOC(=O)c1ccc2c(c1)c(C)c(C)n2Cc1ccccc1.Cl. The van der Waals surface area contributed by atoms with E-state index < -0.39 is 0 Å². The van der Waals surface area contributed by atoms with Crippen molar-refractivity contribution in [3.05, 3.63) is 70.9 Å². The quantitative estimate of drug-likeness (QED) is 0.473. The van der Waals surface area contributed by atoms with Gasteiger partial charge in [-0.15, -0.1) is 12.4 Å². The molecule has 5 heteroatoms. The summed E-state index contributed by atoms with van der Waals surface area (Å²) in [6, 6.07) is 16.3. The lowest BCUT2D eigenvalue weighted by molar-refractivity contribution is 0.0466. The van der Waals surface area contributed by atoms with Crippen molar-refractivity contribution in [2.45, 2.75) is 34.2 Å². The number of hydrogen-bond acceptors (Lipinski definition) is 3. The fraction of sp³-hybridized carbons (Fsp3) is 0.375. The minimum atomic E-state index is -0.248. The molecule has 0 saturated carbocycles. The third-order valence-electron chi connectivity index (χ3n) is 5.59. The molecule has 1 heterocycles. The zero-order chi connectivity index (χ0) is 20.1. The van der Waals surface area contributed by atoms with Crippen LogP contribution in [0.2, 0.25) is 0 Å². The Morgan fingerprint density at radius 2 is 1.72 bits per heavy atom. The first-order valence-electron chi connectivity index (χ1n) is 10.1. The van der Waals surface area contributed by atoms with Crippen LogP contribution < -0.4 is 0 Å². The summed E-state index contributed by atoms with van der Waals surface area (Å²) in [5.74, 6) is -0.248. The normalized spacial score (nSPS) is 10.9. The van der Waals surface area contributed by atoms with Gasteiger partial charge in [-0.3, -0.25) is 0 Å². The molecule has 0 aliphatic rings. The van der Waals surface area contributed by atoms with Crippen LogP contribution in [0.25, 0.3) is 10.9 Å². The summed E-state index contributed by atoms with van der Waals surface area (Å²) in [4.78, 5) is 14.7. The van der Waals surface area contributed by atoms with Crippen LogP contribution in [-0.4, -0.2) is 41.7 Å². The Kier molecular flexibility index (Phi) is 8.30. The van der Waals surface area contributed by atoms with Gasteiger partial charge in [0, 0.05) is 29.7 Å². The van der Waals surface area contributed by atoms with Gasteiger partial charge in [0.15, 0.2) is 0 Å². The second-order valence-electron chi connectivity index (χ2n) is 7.18. The Morgan fingerprint density at radius 1 is 1.03 bits per heavy atom. The number of halogens is 1.